The summed E-state index contributed by atoms with van der Waals surface area (Å²) >= 11 is 1.33. The number of fused-ring (bicyclic) bond motifs is 1. The van der Waals surface area contributed by atoms with Crippen LogP contribution in [0.1, 0.15) is 0 Å². The third-order valence-electron chi connectivity index (χ3n) is 2.80. The van der Waals surface area contributed by atoms with Gasteiger partial charge in [-0.15, -0.1) is 34.5 Å². The third-order valence-corrected chi connectivity index (χ3v) is 3.32. The Morgan fingerprint density at radius 3 is 2.10 bits per heavy atom. The molecule has 0 N–H and O–H groups in total. The van der Waals surface area contributed by atoms with Gasteiger partial charge < -0.3 is 0 Å². The van der Waals surface area contributed by atoms with Crippen molar-refractivity contribution in [3.8, 4) is 11.1 Å². The van der Waals surface area contributed by atoms with E-state index in [0.29, 0.717) is 0 Å². The Hall–Kier alpha value is 0.283. The van der Waals surface area contributed by atoms with Crippen LogP contribution in [0.2, 0.25) is 0 Å². The molecule has 0 aromatic heterocycles. The second-order valence-electron chi connectivity index (χ2n) is 4.09. The van der Waals surface area contributed by atoms with E-state index in [9.17, 15) is 0 Å². The fraction of sp³-hybridized carbons (Fsp3) is 0. The van der Waals surface area contributed by atoms with Crippen LogP contribution in [0.4, 0.5) is 0 Å². The fourth-order valence-electron chi connectivity index (χ4n) is 1.96. The average molecular weight is 468 g/mol. The Morgan fingerprint density at radius 1 is 0.900 bits per heavy atom. The summed E-state index contributed by atoms with van der Waals surface area (Å²) in [6, 6.07) is 21.4. The van der Waals surface area contributed by atoms with Gasteiger partial charge in [-0.1, -0.05) is 64.0 Å². The zero-order chi connectivity index (χ0) is 14.5. The van der Waals surface area contributed by atoms with E-state index in [1.54, 1.807) is 0 Å². The van der Waals surface area contributed by atoms with Crippen molar-refractivity contribution in [3.63, 3.8) is 0 Å². The average Bonchev–Trinajstić information content (AvgIpc) is 2.82. The van der Waals surface area contributed by atoms with E-state index in [0.717, 1.165) is 4.47 Å². The van der Waals surface area contributed by atoms with Crippen molar-refractivity contribution in [2.45, 2.75) is 0 Å². The Labute approximate surface area is 145 Å². The van der Waals surface area contributed by atoms with E-state index >= 15 is 0 Å². The molecule has 0 aliphatic rings. The first-order valence-corrected chi connectivity index (χ1v) is 16.1. The van der Waals surface area contributed by atoms with Crippen molar-refractivity contribution in [1.82, 2.24) is 0 Å². The summed E-state index contributed by atoms with van der Waals surface area (Å²) in [7, 11) is 15.0. The molecule has 0 aliphatic heterocycles. The van der Waals surface area contributed by atoms with E-state index in [1.165, 1.54) is 21.9 Å². The summed E-state index contributed by atoms with van der Waals surface area (Å²) in [6.07, 6.45) is 0. The molecule has 3 aromatic carbocycles. The molecule has 0 saturated carbocycles. The maximum absolute atomic E-state index is 5.00. The molecule has 0 bridgehead atoms. The van der Waals surface area contributed by atoms with E-state index in [2.05, 4.69) is 76.6 Å². The standard InChI is InChI=1S/C15H10Br.3ClH.Zr/c16-15-7-5-11(6-8-15)14-9-12-3-1-2-4-13(12)10-14;;;;/h1-10H;3*1H;/q-1;;;;+3/p-3. The Balaban J connectivity index is 0.000000328. The van der Waals surface area contributed by atoms with Crippen molar-refractivity contribution in [3.05, 3.63) is 65.1 Å². The van der Waals surface area contributed by atoms with E-state index in [1.807, 2.05) is 0 Å². The number of rotatable bonds is 1. The van der Waals surface area contributed by atoms with Crippen molar-refractivity contribution in [2.75, 3.05) is 0 Å². The third kappa shape index (κ3) is 4.93. The summed E-state index contributed by atoms with van der Waals surface area (Å²) in [5.74, 6) is 0. The first kappa shape index (κ1) is 16.7. The molecule has 5 heteroatoms. The molecule has 0 atom stereocenters. The van der Waals surface area contributed by atoms with Gasteiger partial charge in [-0.05, 0) is 0 Å². The maximum atomic E-state index is 5.00. The molecule has 0 unspecified atom stereocenters. The zero-order valence-corrected chi connectivity index (χ0v) is 16.6. The molecule has 20 heavy (non-hydrogen) atoms. The monoisotopic (exact) mass is 464 g/mol. The summed E-state index contributed by atoms with van der Waals surface area (Å²) in [5, 5.41) is 2.61. The van der Waals surface area contributed by atoms with Gasteiger partial charge >= 0.3 is 43.7 Å². The summed E-state index contributed by atoms with van der Waals surface area (Å²) in [6.45, 7) is 0. The van der Waals surface area contributed by atoms with Gasteiger partial charge in [0.2, 0.25) is 0 Å². The minimum absolute atomic E-state index is 1.12. The van der Waals surface area contributed by atoms with Crippen LogP contribution in [-0.4, -0.2) is 0 Å². The normalized spacial score (nSPS) is 10.0. The van der Waals surface area contributed by atoms with Gasteiger partial charge in [-0.2, -0.15) is 0 Å². The number of halogens is 4. The fourth-order valence-corrected chi connectivity index (χ4v) is 2.22. The molecular formula is C15H10BrCl3Zr-. The topological polar surface area (TPSA) is 0 Å². The number of hydrogen-bond donors (Lipinski definition) is 0. The molecule has 0 fully saturated rings. The summed E-state index contributed by atoms with van der Waals surface area (Å²) in [5.41, 5.74) is 2.55. The van der Waals surface area contributed by atoms with Gasteiger partial charge in [-0.3, -0.25) is 0 Å². The van der Waals surface area contributed by atoms with Crippen LogP contribution in [0.15, 0.2) is 65.1 Å². The van der Waals surface area contributed by atoms with Gasteiger partial charge in [0.05, 0.1) is 0 Å². The van der Waals surface area contributed by atoms with Crippen LogP contribution in [0, 0.1) is 0 Å². The minimum atomic E-state index is -2.13. The van der Waals surface area contributed by atoms with E-state index in [4.69, 9.17) is 25.5 Å². The molecule has 0 spiro atoms. The van der Waals surface area contributed by atoms with Gasteiger partial charge in [0.15, 0.2) is 0 Å². The molecule has 0 amide bonds. The SMILES string of the molecule is Brc1ccc(-c2cc3ccccc3[cH-]2)cc1.[Cl][Zr]([Cl])[Cl]. The predicted molar refractivity (Wildman–Crippen MR) is 90.2 cm³/mol. The van der Waals surface area contributed by atoms with Gasteiger partial charge in [0.25, 0.3) is 0 Å². The first-order valence-electron chi connectivity index (χ1n) is 5.81. The Bertz CT molecular complexity index is 641. The number of benzene rings is 2. The van der Waals surface area contributed by atoms with Crippen molar-refractivity contribution < 1.29 is 18.2 Å². The van der Waals surface area contributed by atoms with Gasteiger partial charge in [0.1, 0.15) is 0 Å². The summed E-state index contributed by atoms with van der Waals surface area (Å²) < 4.78 is 1.12. The molecule has 0 radical (unpaired) electrons. The van der Waals surface area contributed by atoms with Crippen LogP contribution in [0.25, 0.3) is 21.9 Å². The van der Waals surface area contributed by atoms with Crippen molar-refractivity contribution >= 4 is 52.2 Å². The molecule has 3 rings (SSSR count). The molecule has 0 aliphatic carbocycles. The second kappa shape index (κ2) is 8.06. The molecule has 103 valence electrons. The first-order chi connectivity index (χ1) is 9.56. The summed E-state index contributed by atoms with van der Waals surface area (Å²) in [4.78, 5) is 0. The molecule has 0 heterocycles. The van der Waals surface area contributed by atoms with Crippen LogP contribution in [0.3, 0.4) is 0 Å². The van der Waals surface area contributed by atoms with Crippen molar-refractivity contribution in [2.24, 2.45) is 0 Å². The predicted octanol–water partition coefficient (Wildman–Crippen LogP) is 7.05. The Kier molecular flexibility index (Phi) is 6.71. The number of hydrogen-bond acceptors (Lipinski definition) is 0. The Morgan fingerprint density at radius 2 is 1.50 bits per heavy atom. The van der Waals surface area contributed by atoms with Crippen LogP contribution in [0.5, 0.6) is 0 Å². The van der Waals surface area contributed by atoms with Gasteiger partial charge in [0, 0.05) is 4.47 Å². The molecule has 0 saturated heterocycles. The van der Waals surface area contributed by atoms with Crippen LogP contribution in [-0.2, 0) is 18.2 Å². The second-order valence-corrected chi connectivity index (χ2v) is 16.2. The zero-order valence-electron chi connectivity index (χ0n) is 10.3. The van der Waals surface area contributed by atoms with Crippen LogP contribution >= 0.6 is 41.5 Å². The van der Waals surface area contributed by atoms with E-state index < -0.39 is 18.2 Å². The van der Waals surface area contributed by atoms with E-state index in [-0.39, 0.29) is 0 Å². The quantitative estimate of drug-likeness (QED) is 0.336. The van der Waals surface area contributed by atoms with Crippen molar-refractivity contribution in [1.29, 1.82) is 0 Å². The van der Waals surface area contributed by atoms with Crippen LogP contribution < -0.4 is 0 Å². The molecule has 3 aromatic rings. The molecule has 0 nitrogen and oxygen atoms in total. The van der Waals surface area contributed by atoms with Gasteiger partial charge in [-0.25, -0.2) is 0 Å². The molecular weight excluding hydrogens is 458 g/mol.